The number of nitrogens with zero attached hydrogens (tertiary/aromatic N) is 5. The molecule has 36 heavy (non-hydrogen) atoms. The van der Waals surface area contributed by atoms with Gasteiger partial charge in [-0.25, -0.2) is 9.19 Å². The lowest BCUT2D eigenvalue weighted by Crippen LogP contribution is -2.17. The molecule has 190 valence electrons. The molecule has 3 aromatic heterocycles. The molecular weight excluding hydrogens is 537 g/mol. The van der Waals surface area contributed by atoms with Crippen LogP contribution in [0.2, 0.25) is 0 Å². The highest BCUT2D eigenvalue weighted by molar-refractivity contribution is 7.93. The molecule has 1 atom stereocenters. The zero-order valence-corrected chi connectivity index (χ0v) is 19.4. The molecule has 0 aliphatic heterocycles. The third-order valence-electron chi connectivity index (χ3n) is 4.54. The molecular formula is C20H13ClF5N5O4S. The molecule has 0 N–H and O–H groups in total. The summed E-state index contributed by atoms with van der Waals surface area (Å²) in [5.41, 5.74) is 0.865. The molecule has 16 heteroatoms. The van der Waals surface area contributed by atoms with Gasteiger partial charge in [0, 0.05) is 29.1 Å². The van der Waals surface area contributed by atoms with E-state index in [2.05, 4.69) is 28.7 Å². The fraction of sp³-hybridized carbons (Fsp3) is 0.200. The predicted octanol–water partition coefficient (Wildman–Crippen LogP) is 4.80. The summed E-state index contributed by atoms with van der Waals surface area (Å²) in [5, 5.41) is -0.368. The summed E-state index contributed by atoms with van der Waals surface area (Å²) in [6.07, 6.45) is -1.02. The molecule has 0 spiro atoms. The van der Waals surface area contributed by atoms with Crippen LogP contribution in [-0.4, -0.2) is 42.3 Å². The van der Waals surface area contributed by atoms with Gasteiger partial charge in [-0.2, -0.15) is 18.1 Å². The summed E-state index contributed by atoms with van der Waals surface area (Å²) >= 11 is 4.87. The van der Waals surface area contributed by atoms with E-state index in [0.29, 0.717) is 11.2 Å². The van der Waals surface area contributed by atoms with Crippen molar-refractivity contribution in [1.82, 2.24) is 19.5 Å². The second-order valence-corrected chi connectivity index (χ2v) is 10.1. The van der Waals surface area contributed by atoms with Crippen molar-refractivity contribution in [2.45, 2.75) is 23.1 Å². The van der Waals surface area contributed by atoms with Crippen molar-refractivity contribution in [2.24, 2.45) is 4.36 Å². The molecule has 1 amide bonds. The average molecular weight is 550 g/mol. The molecule has 0 bridgehead atoms. The standard InChI is InChI=1S/C20H13ClF5N5O4S/c1-36(33,14-4-2-13(3-5-14)34-20(24,25)26)30-16(32)9-12-10-31-7-6-11(8-15(31)27-12)17-28-18(35-29-17)19(21,22)23/h2-8,10H,9H2,1H3. The van der Waals surface area contributed by atoms with Gasteiger partial charge in [0.1, 0.15) is 11.4 Å². The Morgan fingerprint density at radius 3 is 2.47 bits per heavy atom. The van der Waals surface area contributed by atoms with E-state index in [0.717, 1.165) is 24.3 Å². The van der Waals surface area contributed by atoms with Crippen molar-refractivity contribution in [3.05, 3.63) is 60.4 Å². The van der Waals surface area contributed by atoms with Gasteiger partial charge in [-0.3, -0.25) is 4.79 Å². The SMILES string of the molecule is CS(=O)(=NC(=O)Cc1cn2ccc(-c3noc(C(F)(F)Cl)n3)cc2n1)c1ccc(OC(F)(F)F)cc1. The number of ether oxygens (including phenoxy) is 1. The first kappa shape index (κ1) is 25.5. The van der Waals surface area contributed by atoms with Crippen LogP contribution in [0.25, 0.3) is 17.0 Å². The fourth-order valence-electron chi connectivity index (χ4n) is 3.04. The lowest BCUT2D eigenvalue weighted by atomic mass is 10.2. The number of hydrogen-bond acceptors (Lipinski definition) is 7. The maximum Gasteiger partial charge on any atom is 0.573 e. The quantitative estimate of drug-likeness (QED) is 0.251. The lowest BCUT2D eigenvalue weighted by molar-refractivity contribution is -0.274. The van der Waals surface area contributed by atoms with Crippen molar-refractivity contribution >= 4 is 32.9 Å². The normalized spacial score (nSPS) is 14.0. The molecule has 1 aromatic carbocycles. The second kappa shape index (κ2) is 9.13. The Balaban J connectivity index is 1.51. The van der Waals surface area contributed by atoms with Gasteiger partial charge in [0.2, 0.25) is 5.82 Å². The van der Waals surface area contributed by atoms with Gasteiger partial charge in [-0.05, 0) is 48.0 Å². The van der Waals surface area contributed by atoms with Crippen LogP contribution >= 0.6 is 11.6 Å². The number of amides is 1. The fourth-order valence-corrected chi connectivity index (χ4v) is 4.32. The Morgan fingerprint density at radius 1 is 1.17 bits per heavy atom. The monoisotopic (exact) mass is 549 g/mol. The summed E-state index contributed by atoms with van der Waals surface area (Å²) in [7, 11) is -3.27. The zero-order valence-electron chi connectivity index (χ0n) is 17.9. The van der Waals surface area contributed by atoms with Gasteiger partial charge >= 0.3 is 17.6 Å². The molecule has 0 saturated carbocycles. The maximum absolute atomic E-state index is 13.1. The average Bonchev–Trinajstić information content (AvgIpc) is 3.38. The van der Waals surface area contributed by atoms with Crippen molar-refractivity contribution in [1.29, 1.82) is 0 Å². The van der Waals surface area contributed by atoms with E-state index in [1.165, 1.54) is 35.2 Å². The highest BCUT2D eigenvalue weighted by Gasteiger charge is 2.35. The van der Waals surface area contributed by atoms with Crippen LogP contribution in [0.3, 0.4) is 0 Å². The number of rotatable bonds is 6. The van der Waals surface area contributed by atoms with Gasteiger partial charge in [-0.1, -0.05) is 5.16 Å². The minimum atomic E-state index is -4.88. The minimum Gasteiger partial charge on any atom is -0.406 e. The Hall–Kier alpha value is -3.59. The number of fused-ring (bicyclic) bond motifs is 1. The number of hydrogen-bond donors (Lipinski definition) is 0. The van der Waals surface area contributed by atoms with E-state index in [1.807, 2.05) is 0 Å². The van der Waals surface area contributed by atoms with Gasteiger partial charge < -0.3 is 13.7 Å². The number of alkyl halides is 6. The highest BCUT2D eigenvalue weighted by atomic mass is 35.5. The smallest absolute Gasteiger partial charge is 0.406 e. The molecule has 0 radical (unpaired) electrons. The third-order valence-corrected chi connectivity index (χ3v) is 6.40. The van der Waals surface area contributed by atoms with Crippen LogP contribution in [-0.2, 0) is 26.3 Å². The molecule has 0 aliphatic carbocycles. The Bertz CT molecular complexity index is 1550. The number of carbonyl (C=O) groups is 1. The number of aromatic nitrogens is 4. The van der Waals surface area contributed by atoms with Crippen LogP contribution in [0.1, 0.15) is 11.6 Å². The molecule has 4 rings (SSSR count). The van der Waals surface area contributed by atoms with Gasteiger partial charge in [0.15, 0.2) is 0 Å². The molecule has 0 fully saturated rings. The summed E-state index contributed by atoms with van der Waals surface area (Å²) in [6, 6.07) is 7.13. The lowest BCUT2D eigenvalue weighted by Gasteiger charge is -2.09. The summed E-state index contributed by atoms with van der Waals surface area (Å²) in [5.74, 6) is -2.51. The van der Waals surface area contributed by atoms with Crippen molar-refractivity contribution in [2.75, 3.05) is 6.26 Å². The van der Waals surface area contributed by atoms with E-state index in [9.17, 15) is 31.0 Å². The van der Waals surface area contributed by atoms with Gasteiger partial charge in [0.05, 0.1) is 21.8 Å². The topological polar surface area (TPSA) is 112 Å². The summed E-state index contributed by atoms with van der Waals surface area (Å²) in [6.45, 7) is 0. The van der Waals surface area contributed by atoms with Crippen LogP contribution < -0.4 is 4.74 Å². The van der Waals surface area contributed by atoms with Crippen LogP contribution in [0.4, 0.5) is 22.0 Å². The first-order valence-electron chi connectivity index (χ1n) is 9.69. The molecule has 0 aliphatic rings. The van der Waals surface area contributed by atoms with E-state index in [1.54, 1.807) is 0 Å². The Kier molecular flexibility index (Phi) is 6.47. The van der Waals surface area contributed by atoms with Gasteiger partial charge in [-0.15, -0.1) is 13.2 Å². The Labute approximate surface area is 204 Å². The third kappa shape index (κ3) is 5.96. The first-order chi connectivity index (χ1) is 16.7. The van der Waals surface area contributed by atoms with E-state index >= 15 is 0 Å². The van der Waals surface area contributed by atoms with Crippen LogP contribution in [0, 0.1) is 0 Å². The molecule has 3 heterocycles. The highest BCUT2D eigenvalue weighted by Crippen LogP contribution is 2.32. The Morgan fingerprint density at radius 2 is 1.86 bits per heavy atom. The number of halogens is 6. The van der Waals surface area contributed by atoms with E-state index in [4.69, 9.17) is 11.6 Å². The van der Waals surface area contributed by atoms with Gasteiger partial charge in [0.25, 0.3) is 5.91 Å². The number of pyridine rings is 1. The van der Waals surface area contributed by atoms with Crippen molar-refractivity contribution < 1.29 is 40.2 Å². The molecule has 1 unspecified atom stereocenters. The van der Waals surface area contributed by atoms with Crippen molar-refractivity contribution in [3.63, 3.8) is 0 Å². The van der Waals surface area contributed by atoms with E-state index < -0.39 is 39.0 Å². The summed E-state index contributed by atoms with van der Waals surface area (Å²) < 4.78 is 89.4. The number of benzene rings is 1. The maximum atomic E-state index is 13.1. The minimum absolute atomic E-state index is 0.0343. The largest absolute Gasteiger partial charge is 0.573 e. The number of imidazole rings is 1. The zero-order chi connectivity index (χ0) is 26.3. The van der Waals surface area contributed by atoms with Crippen LogP contribution in [0.15, 0.2) is 62.6 Å². The number of carbonyl (C=O) groups excluding carboxylic acids is 1. The second-order valence-electron chi connectivity index (χ2n) is 7.32. The molecule has 4 aromatic rings. The van der Waals surface area contributed by atoms with Crippen molar-refractivity contribution in [3.8, 4) is 17.1 Å². The molecule has 0 saturated heterocycles. The molecule has 9 nitrogen and oxygen atoms in total. The first-order valence-corrected chi connectivity index (χ1v) is 12.0. The van der Waals surface area contributed by atoms with Crippen LogP contribution in [0.5, 0.6) is 5.75 Å². The van der Waals surface area contributed by atoms with E-state index in [-0.39, 0.29) is 22.8 Å². The summed E-state index contributed by atoms with van der Waals surface area (Å²) in [4.78, 5) is 20.3. The predicted molar refractivity (Wildman–Crippen MR) is 115 cm³/mol.